The standard InChI is InChI=1S/C18H19NO3S/c1-21-15-9-8-14(10-16(15)22-2)18-19(17(20)12-23-18)11-13-6-4-3-5-7-13/h3-10,18H,11-12H2,1-2H3/t18-/m1/s1. The van der Waals surface area contributed by atoms with E-state index in [1.807, 2.05) is 53.4 Å². The van der Waals surface area contributed by atoms with Gasteiger partial charge in [-0.1, -0.05) is 36.4 Å². The van der Waals surface area contributed by atoms with Crippen LogP contribution in [0.5, 0.6) is 11.5 Å². The quantitative estimate of drug-likeness (QED) is 0.842. The molecule has 1 aliphatic heterocycles. The number of carbonyl (C=O) groups excluding carboxylic acids is 1. The first-order valence-electron chi connectivity index (χ1n) is 7.40. The van der Waals surface area contributed by atoms with Gasteiger partial charge in [0, 0.05) is 6.54 Å². The van der Waals surface area contributed by atoms with E-state index in [-0.39, 0.29) is 11.3 Å². The van der Waals surface area contributed by atoms with Gasteiger partial charge in [0.05, 0.1) is 20.0 Å². The average molecular weight is 329 g/mol. The van der Waals surface area contributed by atoms with E-state index in [4.69, 9.17) is 9.47 Å². The molecule has 0 aliphatic carbocycles. The highest BCUT2D eigenvalue weighted by Crippen LogP contribution is 2.42. The summed E-state index contributed by atoms with van der Waals surface area (Å²) in [6.07, 6.45) is 0. The van der Waals surface area contributed by atoms with Gasteiger partial charge in [0.15, 0.2) is 11.5 Å². The van der Waals surface area contributed by atoms with Crippen LogP contribution in [0.15, 0.2) is 48.5 Å². The van der Waals surface area contributed by atoms with Gasteiger partial charge in [-0.25, -0.2) is 0 Å². The zero-order valence-electron chi connectivity index (χ0n) is 13.2. The maximum absolute atomic E-state index is 12.3. The first-order valence-corrected chi connectivity index (χ1v) is 8.44. The summed E-state index contributed by atoms with van der Waals surface area (Å²) in [6, 6.07) is 15.9. The maximum atomic E-state index is 12.3. The Labute approximate surface area is 140 Å². The summed E-state index contributed by atoms with van der Waals surface area (Å²) < 4.78 is 10.7. The summed E-state index contributed by atoms with van der Waals surface area (Å²) in [7, 11) is 3.24. The summed E-state index contributed by atoms with van der Waals surface area (Å²) in [4.78, 5) is 14.2. The predicted molar refractivity (Wildman–Crippen MR) is 91.7 cm³/mol. The lowest BCUT2D eigenvalue weighted by Gasteiger charge is -2.25. The summed E-state index contributed by atoms with van der Waals surface area (Å²) in [5, 5.41) is 0.00233. The highest BCUT2D eigenvalue weighted by atomic mass is 32.2. The largest absolute Gasteiger partial charge is 0.493 e. The number of nitrogens with zero attached hydrogens (tertiary/aromatic N) is 1. The Hall–Kier alpha value is -2.14. The van der Waals surface area contributed by atoms with Crippen molar-refractivity contribution in [2.24, 2.45) is 0 Å². The molecule has 1 amide bonds. The molecule has 3 rings (SSSR count). The molecule has 0 radical (unpaired) electrons. The van der Waals surface area contributed by atoms with Crippen LogP contribution in [-0.2, 0) is 11.3 Å². The van der Waals surface area contributed by atoms with Crippen molar-refractivity contribution in [2.45, 2.75) is 11.9 Å². The summed E-state index contributed by atoms with van der Waals surface area (Å²) in [5.41, 5.74) is 2.18. The van der Waals surface area contributed by atoms with Crippen LogP contribution in [0, 0.1) is 0 Å². The number of hydrogen-bond acceptors (Lipinski definition) is 4. The molecule has 2 aromatic carbocycles. The fourth-order valence-electron chi connectivity index (χ4n) is 2.69. The minimum Gasteiger partial charge on any atom is -0.493 e. The first kappa shape index (κ1) is 15.7. The van der Waals surface area contributed by atoms with Crippen molar-refractivity contribution in [1.82, 2.24) is 4.90 Å². The van der Waals surface area contributed by atoms with Gasteiger partial charge in [0.25, 0.3) is 0 Å². The third-order valence-electron chi connectivity index (χ3n) is 3.86. The molecule has 0 N–H and O–H groups in total. The molecule has 0 spiro atoms. The van der Waals surface area contributed by atoms with Crippen LogP contribution >= 0.6 is 11.8 Å². The fourth-order valence-corrected chi connectivity index (χ4v) is 3.87. The molecule has 2 aromatic rings. The molecule has 0 bridgehead atoms. The second-order valence-electron chi connectivity index (χ2n) is 5.29. The van der Waals surface area contributed by atoms with Crippen molar-refractivity contribution in [3.8, 4) is 11.5 Å². The number of ether oxygens (including phenoxy) is 2. The van der Waals surface area contributed by atoms with Gasteiger partial charge in [-0.2, -0.15) is 0 Å². The summed E-state index contributed by atoms with van der Waals surface area (Å²) in [6.45, 7) is 0.617. The monoisotopic (exact) mass is 329 g/mol. The molecule has 4 nitrogen and oxygen atoms in total. The average Bonchev–Trinajstić information content (AvgIpc) is 2.96. The number of methoxy groups -OCH3 is 2. The van der Waals surface area contributed by atoms with E-state index in [0.29, 0.717) is 23.8 Å². The van der Waals surface area contributed by atoms with Crippen molar-refractivity contribution in [3.05, 3.63) is 59.7 Å². The van der Waals surface area contributed by atoms with Gasteiger partial charge in [0.2, 0.25) is 5.91 Å². The molecular weight excluding hydrogens is 310 g/mol. The van der Waals surface area contributed by atoms with Crippen LogP contribution in [-0.4, -0.2) is 30.8 Å². The van der Waals surface area contributed by atoms with Crippen molar-refractivity contribution >= 4 is 17.7 Å². The highest BCUT2D eigenvalue weighted by Gasteiger charge is 2.33. The van der Waals surface area contributed by atoms with Gasteiger partial charge in [-0.05, 0) is 23.3 Å². The molecule has 0 unspecified atom stereocenters. The molecule has 120 valence electrons. The second kappa shape index (κ2) is 6.96. The van der Waals surface area contributed by atoms with Gasteiger partial charge >= 0.3 is 0 Å². The zero-order valence-corrected chi connectivity index (χ0v) is 14.0. The molecule has 1 fully saturated rings. The molecule has 1 atom stereocenters. The van der Waals surface area contributed by atoms with E-state index < -0.39 is 0 Å². The Morgan fingerprint density at radius 3 is 2.52 bits per heavy atom. The Bertz CT molecular complexity index is 690. The number of thioether (sulfide) groups is 1. The van der Waals surface area contributed by atoms with Gasteiger partial charge in [-0.3, -0.25) is 4.79 Å². The van der Waals surface area contributed by atoms with E-state index in [1.165, 1.54) is 0 Å². The molecule has 0 saturated carbocycles. The van der Waals surface area contributed by atoms with E-state index in [2.05, 4.69) is 0 Å². The van der Waals surface area contributed by atoms with Crippen molar-refractivity contribution in [1.29, 1.82) is 0 Å². The minimum absolute atomic E-state index is 0.00233. The minimum atomic E-state index is 0.00233. The van der Waals surface area contributed by atoms with Crippen LogP contribution < -0.4 is 9.47 Å². The topological polar surface area (TPSA) is 38.8 Å². The summed E-state index contributed by atoms with van der Waals surface area (Å²) >= 11 is 1.64. The molecule has 1 saturated heterocycles. The zero-order chi connectivity index (χ0) is 16.2. The second-order valence-corrected chi connectivity index (χ2v) is 6.35. The molecule has 23 heavy (non-hydrogen) atoms. The Balaban J connectivity index is 1.87. The lowest BCUT2D eigenvalue weighted by atomic mass is 10.1. The highest BCUT2D eigenvalue weighted by molar-refractivity contribution is 8.00. The fraction of sp³-hybridized carbons (Fsp3) is 0.278. The van der Waals surface area contributed by atoms with E-state index >= 15 is 0 Å². The number of amides is 1. The molecule has 0 aromatic heterocycles. The Kier molecular flexibility index (Phi) is 4.76. The van der Waals surface area contributed by atoms with E-state index in [0.717, 1.165) is 11.1 Å². The van der Waals surface area contributed by atoms with Crippen LogP contribution in [0.2, 0.25) is 0 Å². The summed E-state index contributed by atoms with van der Waals surface area (Å²) in [5.74, 6) is 2.05. The molecule has 5 heteroatoms. The molecule has 1 aliphatic rings. The number of benzene rings is 2. The number of carbonyl (C=O) groups is 1. The van der Waals surface area contributed by atoms with Crippen molar-refractivity contribution in [2.75, 3.05) is 20.0 Å². The Morgan fingerprint density at radius 2 is 1.83 bits per heavy atom. The smallest absolute Gasteiger partial charge is 0.234 e. The van der Waals surface area contributed by atoms with Gasteiger partial charge in [0.1, 0.15) is 5.37 Å². The number of hydrogen-bond donors (Lipinski definition) is 0. The van der Waals surface area contributed by atoms with Crippen LogP contribution in [0.25, 0.3) is 0 Å². The van der Waals surface area contributed by atoms with Crippen LogP contribution in [0.3, 0.4) is 0 Å². The van der Waals surface area contributed by atoms with Crippen molar-refractivity contribution in [3.63, 3.8) is 0 Å². The Morgan fingerprint density at radius 1 is 1.09 bits per heavy atom. The van der Waals surface area contributed by atoms with Gasteiger partial charge < -0.3 is 14.4 Å². The maximum Gasteiger partial charge on any atom is 0.234 e. The lowest BCUT2D eigenvalue weighted by molar-refractivity contribution is -0.128. The van der Waals surface area contributed by atoms with E-state index in [9.17, 15) is 4.79 Å². The van der Waals surface area contributed by atoms with Crippen molar-refractivity contribution < 1.29 is 14.3 Å². The van der Waals surface area contributed by atoms with E-state index in [1.54, 1.807) is 26.0 Å². The van der Waals surface area contributed by atoms with Crippen LogP contribution in [0.4, 0.5) is 0 Å². The first-order chi connectivity index (χ1) is 11.2. The molecular formula is C18H19NO3S. The third kappa shape index (κ3) is 3.29. The van der Waals surface area contributed by atoms with Crippen LogP contribution in [0.1, 0.15) is 16.5 Å². The molecule has 1 heterocycles. The number of rotatable bonds is 5. The normalized spacial score (nSPS) is 17.4. The lowest BCUT2D eigenvalue weighted by Crippen LogP contribution is -2.27. The predicted octanol–water partition coefficient (Wildman–Crippen LogP) is 3.48. The third-order valence-corrected chi connectivity index (χ3v) is 5.11. The SMILES string of the molecule is COc1ccc([C@H]2SCC(=O)N2Cc2ccccc2)cc1OC. The van der Waals surface area contributed by atoms with Gasteiger partial charge in [-0.15, -0.1) is 11.8 Å².